The van der Waals surface area contributed by atoms with Crippen LogP contribution in [0.4, 0.5) is 5.82 Å². The van der Waals surface area contributed by atoms with Crippen LogP contribution in [0.15, 0.2) is 78.6 Å². The number of anilines is 1. The van der Waals surface area contributed by atoms with Crippen molar-refractivity contribution >= 4 is 56.4 Å². The molecular weight excluding hydrogens is 503 g/mol. The molecule has 5 rings (SSSR count). The summed E-state index contributed by atoms with van der Waals surface area (Å²) in [4.78, 5) is 26.3. The Bertz CT molecular complexity index is 1490. The van der Waals surface area contributed by atoms with E-state index in [4.69, 9.17) is 27.9 Å². The molecule has 9 heteroatoms. The van der Waals surface area contributed by atoms with Gasteiger partial charge in [0, 0.05) is 29.2 Å². The van der Waals surface area contributed by atoms with Crippen molar-refractivity contribution in [3.63, 3.8) is 0 Å². The Morgan fingerprint density at radius 2 is 1.74 bits per heavy atom. The quantitative estimate of drug-likeness (QED) is 0.220. The van der Waals surface area contributed by atoms with Gasteiger partial charge < -0.3 is 10.1 Å². The Morgan fingerprint density at radius 1 is 0.943 bits per heavy atom. The van der Waals surface area contributed by atoms with Gasteiger partial charge in [0.15, 0.2) is 5.78 Å². The molecule has 1 N–H and O–H groups in total. The second-order valence-electron chi connectivity index (χ2n) is 7.61. The Labute approximate surface area is 215 Å². The molecule has 0 saturated heterocycles. The third kappa shape index (κ3) is 5.27. The standard InChI is InChI=1S/C26H18Cl2N4O2S/c27-20-12-18(23(33)17-4-2-1-3-5-17)13-30-25(20)34-19-8-6-16(7-9-19)10-11-29-24-22-21(28)14-35-26(22)32-15-31-24/h1-9,12-15H,10-11H2,(H,29,31,32). The van der Waals surface area contributed by atoms with Gasteiger partial charge in [-0.2, -0.15) is 0 Å². The molecule has 0 aliphatic heterocycles. The Hall–Kier alpha value is -3.52. The fraction of sp³-hybridized carbons (Fsp3) is 0.0769. The van der Waals surface area contributed by atoms with E-state index in [0.717, 1.165) is 28.0 Å². The highest BCUT2D eigenvalue weighted by Gasteiger charge is 2.13. The second-order valence-corrected chi connectivity index (χ2v) is 9.29. The lowest BCUT2D eigenvalue weighted by atomic mass is 10.1. The maximum Gasteiger partial charge on any atom is 0.238 e. The molecule has 0 unspecified atom stereocenters. The van der Waals surface area contributed by atoms with Crippen LogP contribution < -0.4 is 10.1 Å². The summed E-state index contributed by atoms with van der Waals surface area (Å²) in [6.45, 7) is 0.683. The van der Waals surface area contributed by atoms with Gasteiger partial charge >= 0.3 is 0 Å². The fourth-order valence-corrected chi connectivity index (χ4v) is 4.86. The number of hydrogen-bond donors (Lipinski definition) is 1. The molecule has 174 valence electrons. The molecular formula is C26H18Cl2N4O2S. The molecule has 0 aliphatic carbocycles. The minimum Gasteiger partial charge on any atom is -0.438 e. The van der Waals surface area contributed by atoms with Gasteiger partial charge in [0.05, 0.1) is 10.4 Å². The molecule has 35 heavy (non-hydrogen) atoms. The van der Waals surface area contributed by atoms with Crippen molar-refractivity contribution in [2.45, 2.75) is 6.42 Å². The fourth-order valence-electron chi connectivity index (χ4n) is 3.52. The van der Waals surface area contributed by atoms with Crippen LogP contribution in [0.5, 0.6) is 11.6 Å². The molecule has 0 spiro atoms. The van der Waals surface area contributed by atoms with Gasteiger partial charge in [0.25, 0.3) is 0 Å². The van der Waals surface area contributed by atoms with Crippen molar-refractivity contribution in [1.82, 2.24) is 15.0 Å². The lowest BCUT2D eigenvalue weighted by molar-refractivity contribution is 0.103. The minimum absolute atomic E-state index is 0.145. The summed E-state index contributed by atoms with van der Waals surface area (Å²) in [6.07, 6.45) is 3.79. The summed E-state index contributed by atoms with van der Waals surface area (Å²) >= 11 is 14.1. The van der Waals surface area contributed by atoms with E-state index in [1.54, 1.807) is 18.2 Å². The molecule has 0 bridgehead atoms. The van der Waals surface area contributed by atoms with E-state index in [2.05, 4.69) is 20.3 Å². The lowest BCUT2D eigenvalue weighted by Gasteiger charge is -2.10. The molecule has 2 aromatic carbocycles. The number of carbonyl (C=O) groups is 1. The van der Waals surface area contributed by atoms with Crippen LogP contribution in [-0.4, -0.2) is 27.3 Å². The largest absolute Gasteiger partial charge is 0.438 e. The van der Waals surface area contributed by atoms with Crippen LogP contribution >= 0.6 is 34.5 Å². The Kier molecular flexibility index (Phi) is 6.90. The van der Waals surface area contributed by atoms with E-state index in [0.29, 0.717) is 28.4 Å². The summed E-state index contributed by atoms with van der Waals surface area (Å²) in [5.74, 6) is 1.43. The lowest BCUT2D eigenvalue weighted by Crippen LogP contribution is -2.06. The van der Waals surface area contributed by atoms with Crippen molar-refractivity contribution in [2.24, 2.45) is 0 Å². The molecule has 0 atom stereocenters. The second kappa shape index (κ2) is 10.4. The number of pyridine rings is 1. The van der Waals surface area contributed by atoms with Crippen molar-refractivity contribution in [3.05, 3.63) is 105 Å². The molecule has 3 aromatic heterocycles. The topological polar surface area (TPSA) is 77.0 Å². The van der Waals surface area contributed by atoms with E-state index < -0.39 is 0 Å². The molecule has 6 nitrogen and oxygen atoms in total. The number of ketones is 1. The van der Waals surface area contributed by atoms with E-state index in [9.17, 15) is 4.79 Å². The van der Waals surface area contributed by atoms with Gasteiger partial charge in [-0.15, -0.1) is 11.3 Å². The van der Waals surface area contributed by atoms with Gasteiger partial charge in [-0.1, -0.05) is 65.7 Å². The van der Waals surface area contributed by atoms with E-state index in [-0.39, 0.29) is 16.7 Å². The number of halogens is 2. The zero-order valence-electron chi connectivity index (χ0n) is 18.2. The smallest absolute Gasteiger partial charge is 0.238 e. The molecule has 5 aromatic rings. The van der Waals surface area contributed by atoms with Crippen LogP contribution in [0.1, 0.15) is 21.5 Å². The number of fused-ring (bicyclic) bond motifs is 1. The molecule has 0 fully saturated rings. The molecule has 0 amide bonds. The SMILES string of the molecule is O=C(c1ccccc1)c1cnc(Oc2ccc(CCNc3ncnc4scc(Cl)c34)cc2)c(Cl)c1. The number of aromatic nitrogens is 3. The minimum atomic E-state index is -0.145. The zero-order valence-corrected chi connectivity index (χ0v) is 20.6. The maximum atomic E-state index is 12.6. The van der Waals surface area contributed by atoms with Crippen LogP contribution in [0, 0.1) is 0 Å². The summed E-state index contributed by atoms with van der Waals surface area (Å²) < 4.78 is 5.83. The van der Waals surface area contributed by atoms with Crippen molar-refractivity contribution in [1.29, 1.82) is 0 Å². The molecule has 0 saturated carbocycles. The monoisotopic (exact) mass is 520 g/mol. The summed E-state index contributed by atoms with van der Waals surface area (Å²) in [7, 11) is 0. The summed E-state index contributed by atoms with van der Waals surface area (Å²) in [6, 6.07) is 18.2. The molecule has 0 aliphatic rings. The first-order valence-electron chi connectivity index (χ1n) is 10.7. The first kappa shape index (κ1) is 23.2. The highest BCUT2D eigenvalue weighted by atomic mass is 35.5. The number of nitrogens with one attached hydrogen (secondary N) is 1. The van der Waals surface area contributed by atoms with Crippen LogP contribution in [-0.2, 0) is 6.42 Å². The number of rotatable bonds is 8. The average Bonchev–Trinajstić information content (AvgIpc) is 3.28. The number of carbonyl (C=O) groups excluding carboxylic acids is 1. The Morgan fingerprint density at radius 3 is 2.51 bits per heavy atom. The summed E-state index contributed by atoms with van der Waals surface area (Å²) in [5.41, 5.74) is 2.10. The van der Waals surface area contributed by atoms with Crippen molar-refractivity contribution in [2.75, 3.05) is 11.9 Å². The van der Waals surface area contributed by atoms with E-state index in [1.807, 2.05) is 47.8 Å². The van der Waals surface area contributed by atoms with Gasteiger partial charge in [0.1, 0.15) is 27.7 Å². The Balaban J connectivity index is 1.20. The van der Waals surface area contributed by atoms with Crippen LogP contribution in [0.25, 0.3) is 10.2 Å². The number of benzene rings is 2. The number of nitrogens with zero attached hydrogens (tertiary/aromatic N) is 3. The third-order valence-corrected chi connectivity index (χ3v) is 6.86. The van der Waals surface area contributed by atoms with E-state index in [1.165, 1.54) is 23.9 Å². The molecule has 3 heterocycles. The summed E-state index contributed by atoms with van der Waals surface area (Å²) in [5, 5.41) is 6.97. The predicted octanol–water partition coefficient (Wildman–Crippen LogP) is 7.07. The van der Waals surface area contributed by atoms with Crippen molar-refractivity contribution < 1.29 is 9.53 Å². The molecule has 0 radical (unpaired) electrons. The van der Waals surface area contributed by atoms with Gasteiger partial charge in [-0.3, -0.25) is 4.79 Å². The van der Waals surface area contributed by atoms with Gasteiger partial charge in [0.2, 0.25) is 5.88 Å². The average molecular weight is 521 g/mol. The number of ether oxygens (including phenoxy) is 1. The van der Waals surface area contributed by atoms with Crippen molar-refractivity contribution in [3.8, 4) is 11.6 Å². The first-order valence-corrected chi connectivity index (χ1v) is 12.4. The predicted molar refractivity (Wildman–Crippen MR) is 140 cm³/mol. The van der Waals surface area contributed by atoms with Crippen LogP contribution in [0.2, 0.25) is 10.0 Å². The normalized spacial score (nSPS) is 10.9. The third-order valence-electron chi connectivity index (χ3n) is 5.27. The highest BCUT2D eigenvalue weighted by molar-refractivity contribution is 7.17. The zero-order chi connectivity index (χ0) is 24.2. The maximum absolute atomic E-state index is 12.6. The van der Waals surface area contributed by atoms with E-state index >= 15 is 0 Å². The van der Waals surface area contributed by atoms with Gasteiger partial charge in [-0.25, -0.2) is 15.0 Å². The number of hydrogen-bond acceptors (Lipinski definition) is 7. The highest BCUT2D eigenvalue weighted by Crippen LogP contribution is 2.32. The van der Waals surface area contributed by atoms with Crippen LogP contribution in [0.3, 0.4) is 0 Å². The van der Waals surface area contributed by atoms with Gasteiger partial charge in [-0.05, 0) is 30.2 Å². The number of thiophene rings is 1. The first-order chi connectivity index (χ1) is 17.1.